The number of sulfone groups is 1. The van der Waals surface area contributed by atoms with Gasteiger partial charge in [0.2, 0.25) is 0 Å². The van der Waals surface area contributed by atoms with Crippen LogP contribution in [0, 0.1) is 6.92 Å². The lowest BCUT2D eigenvalue weighted by Crippen LogP contribution is -2.44. The lowest BCUT2D eigenvalue weighted by atomic mass is 10.0. The molecule has 0 bridgehead atoms. The molecule has 7 heteroatoms. The fraction of sp³-hybridized carbons (Fsp3) is 0.375. The van der Waals surface area contributed by atoms with E-state index in [2.05, 4.69) is 41.4 Å². The van der Waals surface area contributed by atoms with Crippen molar-refractivity contribution < 1.29 is 17.6 Å². The van der Waals surface area contributed by atoms with Gasteiger partial charge in [-0.2, -0.15) is 0 Å². The molecule has 0 aliphatic carbocycles. The lowest BCUT2D eigenvalue weighted by molar-refractivity contribution is 0.0882. The van der Waals surface area contributed by atoms with Crippen molar-refractivity contribution in [2.45, 2.75) is 38.1 Å². The first-order valence-corrected chi connectivity index (χ1v) is 12.6. The largest absolute Gasteiger partial charge is 0.451 e. The second kappa shape index (κ2) is 8.85. The van der Waals surface area contributed by atoms with Crippen molar-refractivity contribution in [1.82, 2.24) is 10.2 Å². The molecule has 3 aromatic rings. The van der Waals surface area contributed by atoms with Crippen LogP contribution in [-0.4, -0.2) is 44.6 Å². The van der Waals surface area contributed by atoms with E-state index < -0.39 is 9.84 Å². The smallest absolute Gasteiger partial charge is 0.287 e. The summed E-state index contributed by atoms with van der Waals surface area (Å²) in [6, 6.07) is 15.6. The highest BCUT2D eigenvalue weighted by atomic mass is 32.2. The Morgan fingerprint density at radius 3 is 2.48 bits per heavy atom. The molecular formula is C24H28N2O4S. The van der Waals surface area contributed by atoms with Gasteiger partial charge in [0.15, 0.2) is 15.6 Å². The fourth-order valence-corrected chi connectivity index (χ4v) is 5.01. The van der Waals surface area contributed by atoms with Gasteiger partial charge in [0.25, 0.3) is 5.91 Å². The van der Waals surface area contributed by atoms with Crippen molar-refractivity contribution in [1.29, 1.82) is 0 Å². The monoisotopic (exact) mass is 440 g/mol. The number of amides is 1. The van der Waals surface area contributed by atoms with Crippen LogP contribution in [0.25, 0.3) is 11.0 Å². The first kappa shape index (κ1) is 21.6. The van der Waals surface area contributed by atoms with E-state index in [4.69, 9.17) is 4.42 Å². The average molecular weight is 441 g/mol. The molecule has 2 aromatic carbocycles. The van der Waals surface area contributed by atoms with Gasteiger partial charge in [-0.3, -0.25) is 9.69 Å². The van der Waals surface area contributed by atoms with Gasteiger partial charge in [-0.25, -0.2) is 8.42 Å². The Hall–Kier alpha value is -2.64. The number of fused-ring (bicyclic) bond motifs is 1. The van der Waals surface area contributed by atoms with E-state index in [1.807, 2.05) is 12.1 Å². The number of likely N-dealkylation sites (tertiary alicyclic amines) is 1. The molecule has 1 fully saturated rings. The summed E-state index contributed by atoms with van der Waals surface area (Å²) in [6.45, 7) is 4.84. The van der Waals surface area contributed by atoms with E-state index in [0.717, 1.165) is 32.5 Å². The van der Waals surface area contributed by atoms with Crippen molar-refractivity contribution in [3.63, 3.8) is 0 Å². The summed E-state index contributed by atoms with van der Waals surface area (Å²) in [4.78, 5) is 15.4. The molecule has 0 radical (unpaired) electrons. The summed E-state index contributed by atoms with van der Waals surface area (Å²) in [5.41, 5.74) is 3.59. The highest BCUT2D eigenvalue weighted by Gasteiger charge is 2.27. The summed E-state index contributed by atoms with van der Waals surface area (Å²) in [5.74, 6) is -0.456. The van der Waals surface area contributed by atoms with Crippen LogP contribution in [0.4, 0.5) is 0 Å². The number of furan rings is 1. The van der Waals surface area contributed by atoms with Crippen molar-refractivity contribution >= 4 is 26.7 Å². The van der Waals surface area contributed by atoms with Crippen molar-refractivity contribution in [3.05, 3.63) is 71.0 Å². The van der Waals surface area contributed by atoms with Gasteiger partial charge in [-0.05, 0) is 37.0 Å². The summed E-state index contributed by atoms with van der Waals surface area (Å²) in [7, 11) is -3.31. The number of carbonyl (C=O) groups excluding carboxylic acids is 1. The zero-order valence-electron chi connectivity index (χ0n) is 17.9. The molecule has 0 unspecified atom stereocenters. The third kappa shape index (κ3) is 5.17. The van der Waals surface area contributed by atoms with Gasteiger partial charge in [0.05, 0.1) is 5.75 Å². The van der Waals surface area contributed by atoms with Crippen LogP contribution in [0.1, 0.15) is 40.1 Å². The number of para-hydroxylation sites is 1. The Kier molecular flexibility index (Phi) is 6.16. The highest BCUT2D eigenvalue weighted by Crippen LogP contribution is 2.28. The molecule has 1 aliphatic rings. The molecule has 2 heterocycles. The van der Waals surface area contributed by atoms with Crippen molar-refractivity contribution in [2.75, 3.05) is 19.3 Å². The number of carbonyl (C=O) groups is 1. The average Bonchev–Trinajstić information content (AvgIpc) is 3.08. The Balaban J connectivity index is 1.43. The second-order valence-electron chi connectivity index (χ2n) is 8.43. The van der Waals surface area contributed by atoms with E-state index in [0.29, 0.717) is 16.5 Å². The van der Waals surface area contributed by atoms with Crippen LogP contribution >= 0.6 is 0 Å². The summed E-state index contributed by atoms with van der Waals surface area (Å²) in [5, 5.41) is 3.74. The van der Waals surface area contributed by atoms with Crippen LogP contribution in [0.15, 0.2) is 52.9 Å². The molecule has 1 saturated heterocycles. The maximum absolute atomic E-state index is 13.0. The first-order chi connectivity index (χ1) is 14.8. The minimum Gasteiger partial charge on any atom is -0.451 e. The second-order valence-corrected chi connectivity index (χ2v) is 10.6. The van der Waals surface area contributed by atoms with Gasteiger partial charge in [0.1, 0.15) is 5.58 Å². The zero-order valence-corrected chi connectivity index (χ0v) is 18.7. The van der Waals surface area contributed by atoms with Gasteiger partial charge < -0.3 is 9.73 Å². The van der Waals surface area contributed by atoms with E-state index >= 15 is 0 Å². The predicted octanol–water partition coefficient (Wildman–Crippen LogP) is 3.68. The zero-order chi connectivity index (χ0) is 22.0. The maximum atomic E-state index is 13.0. The van der Waals surface area contributed by atoms with Crippen molar-refractivity contribution in [2.24, 2.45) is 0 Å². The van der Waals surface area contributed by atoms with E-state index in [9.17, 15) is 13.2 Å². The number of nitrogens with zero attached hydrogens (tertiary/aromatic N) is 1. The molecule has 1 N–H and O–H groups in total. The van der Waals surface area contributed by atoms with Gasteiger partial charge in [-0.1, -0.05) is 42.5 Å². The standard InChI is InChI=1S/C24H28N2O4S/c1-17-7-3-4-8-18(17)15-26-13-11-19(12-14-26)25-24(27)23-21(16-31(2,28)29)20-9-5-6-10-22(20)30-23/h3-10,19H,11-16H2,1-2H3,(H,25,27). The molecule has 0 spiro atoms. The van der Waals surface area contributed by atoms with Crippen LogP contribution in [0.3, 0.4) is 0 Å². The minimum absolute atomic E-state index is 0.0416. The summed E-state index contributed by atoms with van der Waals surface area (Å²) >= 11 is 0. The van der Waals surface area contributed by atoms with E-state index in [-0.39, 0.29) is 23.5 Å². The molecule has 6 nitrogen and oxygen atoms in total. The highest BCUT2D eigenvalue weighted by molar-refractivity contribution is 7.89. The molecule has 0 atom stereocenters. The Bertz CT molecular complexity index is 1190. The van der Waals surface area contributed by atoms with Gasteiger partial charge in [0, 0.05) is 42.9 Å². The maximum Gasteiger partial charge on any atom is 0.287 e. The SMILES string of the molecule is Cc1ccccc1CN1CCC(NC(=O)c2oc3ccccc3c2CS(C)(=O)=O)CC1. The summed E-state index contributed by atoms with van der Waals surface area (Å²) < 4.78 is 29.7. The molecule has 4 rings (SSSR count). The van der Waals surface area contributed by atoms with Crippen LogP contribution in [0.2, 0.25) is 0 Å². The first-order valence-electron chi connectivity index (χ1n) is 10.6. The number of benzene rings is 2. The van der Waals surface area contributed by atoms with Crippen LogP contribution < -0.4 is 5.32 Å². The Morgan fingerprint density at radius 2 is 1.77 bits per heavy atom. The molecule has 164 valence electrons. The predicted molar refractivity (Wildman–Crippen MR) is 122 cm³/mol. The quantitative estimate of drug-likeness (QED) is 0.633. The van der Waals surface area contributed by atoms with E-state index in [1.54, 1.807) is 12.1 Å². The Labute approximate surface area is 183 Å². The molecule has 0 saturated carbocycles. The number of nitrogens with one attached hydrogen (secondary N) is 1. The molecular weight excluding hydrogens is 412 g/mol. The lowest BCUT2D eigenvalue weighted by Gasteiger charge is -2.32. The number of rotatable bonds is 6. The molecule has 31 heavy (non-hydrogen) atoms. The number of piperidine rings is 1. The summed E-state index contributed by atoms with van der Waals surface area (Å²) in [6.07, 6.45) is 2.86. The fourth-order valence-electron chi connectivity index (χ4n) is 4.20. The normalized spacial score (nSPS) is 15.9. The minimum atomic E-state index is -3.31. The Morgan fingerprint density at radius 1 is 1.10 bits per heavy atom. The molecule has 1 amide bonds. The van der Waals surface area contributed by atoms with E-state index in [1.165, 1.54) is 17.4 Å². The third-order valence-corrected chi connectivity index (χ3v) is 6.70. The topological polar surface area (TPSA) is 79.6 Å². The number of hydrogen-bond acceptors (Lipinski definition) is 5. The van der Waals surface area contributed by atoms with Gasteiger partial charge in [-0.15, -0.1) is 0 Å². The van der Waals surface area contributed by atoms with Crippen LogP contribution in [-0.2, 0) is 22.1 Å². The molecule has 1 aliphatic heterocycles. The van der Waals surface area contributed by atoms with Crippen molar-refractivity contribution in [3.8, 4) is 0 Å². The molecule has 1 aromatic heterocycles. The third-order valence-electron chi connectivity index (χ3n) is 5.89. The van der Waals surface area contributed by atoms with Crippen LogP contribution in [0.5, 0.6) is 0 Å². The number of hydrogen-bond donors (Lipinski definition) is 1. The van der Waals surface area contributed by atoms with Gasteiger partial charge >= 0.3 is 0 Å². The number of aryl methyl sites for hydroxylation is 1.